The zero-order valence-corrected chi connectivity index (χ0v) is 28.1. The van der Waals surface area contributed by atoms with Gasteiger partial charge in [-0.1, -0.05) is 35.4 Å². The van der Waals surface area contributed by atoms with E-state index in [-0.39, 0.29) is 38.6 Å². The molecular formula is C42H24F9N3. The zero-order valence-electron chi connectivity index (χ0n) is 28.1. The minimum Gasteiger partial charge on any atom is -0.309 e. The molecule has 2 heterocycles. The van der Waals surface area contributed by atoms with Gasteiger partial charge in [-0.15, -0.1) is 0 Å². The van der Waals surface area contributed by atoms with Crippen LogP contribution in [0, 0.1) is 25.2 Å². The normalized spacial score (nSPS) is 12.7. The van der Waals surface area contributed by atoms with Gasteiger partial charge in [0.25, 0.3) is 0 Å². The van der Waals surface area contributed by atoms with Crippen LogP contribution in [0.4, 0.5) is 39.5 Å². The number of hydrogen-bond donors (Lipinski definition) is 0. The van der Waals surface area contributed by atoms with Gasteiger partial charge in [0.2, 0.25) is 0 Å². The standard InChI is InChI=1S/C42H24F9N3/c1-22-6-10-33-29(14-22)30-15-23(2)7-11-34(30)53(33)37-17-26(25-5-3-4-24(16-25)21-52)18-38(39(37)42(49,50)51)54-35-12-8-27(40(43,44)45)19-31(35)32-20-28(41(46,47)48)9-13-36(32)54/h3-20H,1-2H3. The number of rotatable bonds is 3. The number of fused-ring (bicyclic) bond motifs is 6. The predicted octanol–water partition coefficient (Wildman–Crippen LogP) is 13.1. The third-order valence-corrected chi connectivity index (χ3v) is 9.68. The van der Waals surface area contributed by atoms with Gasteiger partial charge in [-0.05, 0) is 110 Å². The molecule has 3 nitrogen and oxygen atoms in total. The Hall–Kier alpha value is -6.22. The Labute approximate surface area is 300 Å². The van der Waals surface area contributed by atoms with Crippen LogP contribution in [0.3, 0.4) is 0 Å². The fraction of sp³-hybridized carbons (Fsp3) is 0.119. The number of benzene rings is 6. The van der Waals surface area contributed by atoms with Gasteiger partial charge in [-0.25, -0.2) is 0 Å². The van der Waals surface area contributed by atoms with Crippen LogP contribution in [-0.4, -0.2) is 9.13 Å². The van der Waals surface area contributed by atoms with E-state index in [0.29, 0.717) is 51.6 Å². The van der Waals surface area contributed by atoms with Crippen molar-refractivity contribution in [3.63, 3.8) is 0 Å². The first-order valence-electron chi connectivity index (χ1n) is 16.4. The number of alkyl halides is 9. The molecule has 0 unspecified atom stereocenters. The lowest BCUT2D eigenvalue weighted by atomic mass is 9.98. The lowest BCUT2D eigenvalue weighted by Crippen LogP contribution is -2.16. The van der Waals surface area contributed by atoms with Gasteiger partial charge in [-0.2, -0.15) is 44.8 Å². The minimum absolute atomic E-state index is 0.176. The van der Waals surface area contributed by atoms with E-state index in [1.807, 2.05) is 32.0 Å². The van der Waals surface area contributed by atoms with Gasteiger partial charge in [0.05, 0.1) is 56.2 Å². The van der Waals surface area contributed by atoms with Crippen molar-refractivity contribution in [1.82, 2.24) is 9.13 Å². The van der Waals surface area contributed by atoms with Gasteiger partial charge in [0.15, 0.2) is 0 Å². The van der Waals surface area contributed by atoms with Crippen LogP contribution in [0.5, 0.6) is 0 Å². The summed E-state index contributed by atoms with van der Waals surface area (Å²) in [6.07, 6.45) is -14.9. The molecule has 0 atom stereocenters. The number of aryl methyl sites for hydroxylation is 2. The van der Waals surface area contributed by atoms with Gasteiger partial charge in [0, 0.05) is 21.5 Å². The summed E-state index contributed by atoms with van der Waals surface area (Å²) in [7, 11) is 0. The van der Waals surface area contributed by atoms with Crippen LogP contribution in [0.15, 0.2) is 109 Å². The van der Waals surface area contributed by atoms with Crippen LogP contribution in [-0.2, 0) is 18.5 Å². The fourth-order valence-corrected chi connectivity index (χ4v) is 7.34. The SMILES string of the molecule is Cc1ccc2c(c1)c1cc(C)ccc1n2-c1cc(-c2cccc(C#N)c2)cc(-n2c3ccc(C(F)(F)F)cc3c3cc(C(F)(F)F)ccc32)c1C(F)(F)F. The molecule has 12 heteroatoms. The lowest BCUT2D eigenvalue weighted by Gasteiger charge is -2.23. The van der Waals surface area contributed by atoms with E-state index in [1.165, 1.54) is 28.8 Å². The molecule has 8 aromatic rings. The van der Waals surface area contributed by atoms with Crippen molar-refractivity contribution >= 4 is 43.6 Å². The zero-order chi connectivity index (χ0) is 38.5. The average molecular weight is 742 g/mol. The minimum atomic E-state index is -5.11. The van der Waals surface area contributed by atoms with Crippen molar-refractivity contribution in [2.45, 2.75) is 32.4 Å². The van der Waals surface area contributed by atoms with Gasteiger partial charge < -0.3 is 9.13 Å². The van der Waals surface area contributed by atoms with E-state index in [9.17, 15) is 31.6 Å². The molecule has 0 amide bonds. The molecule has 8 rings (SSSR count). The van der Waals surface area contributed by atoms with Crippen molar-refractivity contribution in [1.29, 1.82) is 5.26 Å². The van der Waals surface area contributed by atoms with E-state index in [1.54, 1.807) is 36.4 Å². The quantitative estimate of drug-likeness (QED) is 0.166. The maximum Gasteiger partial charge on any atom is 0.420 e. The van der Waals surface area contributed by atoms with Crippen LogP contribution < -0.4 is 0 Å². The molecule has 0 spiro atoms. The smallest absolute Gasteiger partial charge is 0.309 e. The predicted molar refractivity (Wildman–Crippen MR) is 190 cm³/mol. The average Bonchev–Trinajstić information content (AvgIpc) is 3.61. The Morgan fingerprint density at radius 2 is 0.889 bits per heavy atom. The van der Waals surface area contributed by atoms with Crippen LogP contribution in [0.2, 0.25) is 0 Å². The number of nitrogens with zero attached hydrogens (tertiary/aromatic N) is 3. The molecular weight excluding hydrogens is 717 g/mol. The summed E-state index contributed by atoms with van der Waals surface area (Å²) in [5.74, 6) is 0. The van der Waals surface area contributed by atoms with Crippen LogP contribution in [0.1, 0.15) is 33.4 Å². The Morgan fingerprint density at radius 1 is 0.463 bits per heavy atom. The highest BCUT2D eigenvalue weighted by Crippen LogP contribution is 2.47. The molecule has 0 fully saturated rings. The molecule has 0 aliphatic rings. The maximum atomic E-state index is 15.9. The van der Waals surface area contributed by atoms with Crippen molar-refractivity contribution in [3.05, 3.63) is 143 Å². The highest BCUT2D eigenvalue weighted by Gasteiger charge is 2.40. The highest BCUT2D eigenvalue weighted by atomic mass is 19.4. The molecule has 6 aromatic carbocycles. The Kier molecular flexibility index (Phi) is 7.68. The molecule has 0 saturated carbocycles. The summed E-state index contributed by atoms with van der Waals surface area (Å²) in [5.41, 5.74) is -1.37. The summed E-state index contributed by atoms with van der Waals surface area (Å²) in [5, 5.41) is 10.4. The molecule has 0 radical (unpaired) electrons. The molecule has 0 N–H and O–H groups in total. The van der Waals surface area contributed by atoms with Crippen molar-refractivity contribution in [2.24, 2.45) is 0 Å². The molecule has 270 valence electrons. The molecule has 54 heavy (non-hydrogen) atoms. The van der Waals surface area contributed by atoms with Crippen LogP contribution in [0.25, 0.3) is 66.1 Å². The summed E-state index contributed by atoms with van der Waals surface area (Å²) in [6.45, 7) is 3.72. The largest absolute Gasteiger partial charge is 0.420 e. The Morgan fingerprint density at radius 3 is 1.30 bits per heavy atom. The van der Waals surface area contributed by atoms with E-state index in [2.05, 4.69) is 0 Å². The summed E-state index contributed by atoms with van der Waals surface area (Å²) >= 11 is 0. The number of hydrogen-bond acceptors (Lipinski definition) is 1. The van der Waals surface area contributed by atoms with E-state index in [0.717, 1.165) is 27.8 Å². The molecule has 0 saturated heterocycles. The number of nitriles is 1. The second-order valence-corrected chi connectivity index (χ2v) is 13.3. The van der Waals surface area contributed by atoms with Crippen LogP contribution >= 0.6 is 0 Å². The van der Waals surface area contributed by atoms with Gasteiger partial charge in [0.1, 0.15) is 5.56 Å². The Bertz CT molecular complexity index is 2750. The first-order chi connectivity index (χ1) is 25.4. The summed E-state index contributed by atoms with van der Waals surface area (Å²) in [4.78, 5) is 0. The highest BCUT2D eigenvalue weighted by molar-refractivity contribution is 6.11. The lowest BCUT2D eigenvalue weighted by molar-refractivity contribution is -0.138. The summed E-state index contributed by atoms with van der Waals surface area (Å²) < 4.78 is 134. The van der Waals surface area contributed by atoms with E-state index >= 15 is 13.2 Å². The second-order valence-electron chi connectivity index (χ2n) is 13.3. The molecule has 0 bridgehead atoms. The monoisotopic (exact) mass is 741 g/mol. The first-order valence-corrected chi connectivity index (χ1v) is 16.4. The third-order valence-electron chi connectivity index (χ3n) is 9.68. The van der Waals surface area contributed by atoms with E-state index < -0.39 is 40.9 Å². The number of aromatic nitrogens is 2. The third kappa shape index (κ3) is 5.62. The Balaban J connectivity index is 1.59. The molecule has 0 aliphatic carbocycles. The van der Waals surface area contributed by atoms with Gasteiger partial charge in [-0.3, -0.25) is 0 Å². The van der Waals surface area contributed by atoms with E-state index in [4.69, 9.17) is 0 Å². The molecule has 2 aromatic heterocycles. The molecule has 0 aliphatic heterocycles. The number of halogens is 9. The topological polar surface area (TPSA) is 33.6 Å². The van der Waals surface area contributed by atoms with Crippen molar-refractivity contribution < 1.29 is 39.5 Å². The first kappa shape index (κ1) is 34.8. The second kappa shape index (κ2) is 11.9. The van der Waals surface area contributed by atoms with Gasteiger partial charge >= 0.3 is 18.5 Å². The van der Waals surface area contributed by atoms with Crippen molar-refractivity contribution in [2.75, 3.05) is 0 Å². The fourth-order valence-electron chi connectivity index (χ4n) is 7.34. The van der Waals surface area contributed by atoms with Crippen molar-refractivity contribution in [3.8, 4) is 28.6 Å². The summed E-state index contributed by atoms with van der Waals surface area (Å²) in [6, 6.07) is 26.1. The maximum absolute atomic E-state index is 15.9.